The lowest BCUT2D eigenvalue weighted by Crippen LogP contribution is -1.92. The molecule has 0 bridgehead atoms. The van der Waals surface area contributed by atoms with Crippen LogP contribution in [0, 0.1) is 0 Å². The van der Waals surface area contributed by atoms with Crippen molar-refractivity contribution in [3.05, 3.63) is 30.2 Å². The Morgan fingerprint density at radius 3 is 2.85 bits per heavy atom. The van der Waals surface area contributed by atoms with Gasteiger partial charge >= 0.3 is 0 Å². The zero-order valence-electron chi connectivity index (χ0n) is 8.07. The molecule has 0 saturated heterocycles. The van der Waals surface area contributed by atoms with Crippen molar-refractivity contribution in [3.63, 3.8) is 0 Å². The van der Waals surface area contributed by atoms with E-state index in [0.29, 0.717) is 5.88 Å². The number of pyridine rings is 1. The lowest BCUT2D eigenvalue weighted by atomic mass is 10.1. The molecule has 0 fully saturated rings. The second kappa shape index (κ2) is 4.50. The molecule has 1 heterocycles. The standard InChI is InChI=1S/C10H13NO2/c1-8(7-12-2)9-5-4-6-11-10(9)13-3/h4-7H,1-3H3/b8-7+. The monoisotopic (exact) mass is 179 g/mol. The van der Waals surface area contributed by atoms with Crippen LogP contribution in [0.4, 0.5) is 0 Å². The Bertz CT molecular complexity index is 308. The van der Waals surface area contributed by atoms with Crippen LogP contribution in [0.2, 0.25) is 0 Å². The van der Waals surface area contributed by atoms with E-state index in [-0.39, 0.29) is 0 Å². The van der Waals surface area contributed by atoms with Gasteiger partial charge < -0.3 is 9.47 Å². The number of aromatic nitrogens is 1. The molecule has 0 spiro atoms. The van der Waals surface area contributed by atoms with Crippen LogP contribution in [-0.4, -0.2) is 19.2 Å². The number of nitrogens with zero attached hydrogens (tertiary/aromatic N) is 1. The summed E-state index contributed by atoms with van der Waals surface area (Å²) in [5, 5.41) is 0. The fraction of sp³-hybridized carbons (Fsp3) is 0.300. The molecule has 1 aromatic heterocycles. The Hall–Kier alpha value is -1.51. The van der Waals surface area contributed by atoms with Crippen molar-refractivity contribution in [3.8, 4) is 5.88 Å². The second-order valence-electron chi connectivity index (χ2n) is 2.60. The minimum absolute atomic E-state index is 0.619. The summed E-state index contributed by atoms with van der Waals surface area (Å²) in [6.45, 7) is 1.95. The van der Waals surface area contributed by atoms with Crippen molar-refractivity contribution in [2.45, 2.75) is 6.92 Å². The molecule has 0 N–H and O–H groups in total. The predicted octanol–water partition coefficient (Wildman–Crippen LogP) is 2.10. The van der Waals surface area contributed by atoms with Crippen molar-refractivity contribution in [2.24, 2.45) is 0 Å². The summed E-state index contributed by atoms with van der Waals surface area (Å²) >= 11 is 0. The van der Waals surface area contributed by atoms with Crippen molar-refractivity contribution >= 4 is 5.57 Å². The quantitative estimate of drug-likeness (QED) is 0.666. The van der Waals surface area contributed by atoms with Gasteiger partial charge in [-0.3, -0.25) is 0 Å². The maximum absolute atomic E-state index is 5.11. The first-order chi connectivity index (χ1) is 6.29. The van der Waals surface area contributed by atoms with E-state index in [1.165, 1.54) is 0 Å². The molecule has 0 saturated carbocycles. The maximum atomic E-state index is 5.11. The first-order valence-corrected chi connectivity index (χ1v) is 3.98. The molecule has 0 unspecified atom stereocenters. The summed E-state index contributed by atoms with van der Waals surface area (Å²) in [5.41, 5.74) is 1.94. The number of hydrogen-bond donors (Lipinski definition) is 0. The third-order valence-corrected chi connectivity index (χ3v) is 1.68. The molecule has 1 aromatic rings. The first kappa shape index (κ1) is 9.58. The van der Waals surface area contributed by atoms with Crippen LogP contribution < -0.4 is 4.74 Å². The first-order valence-electron chi connectivity index (χ1n) is 3.98. The van der Waals surface area contributed by atoms with E-state index in [1.54, 1.807) is 26.7 Å². The van der Waals surface area contributed by atoms with Gasteiger partial charge in [-0.2, -0.15) is 0 Å². The Morgan fingerprint density at radius 2 is 2.23 bits per heavy atom. The van der Waals surface area contributed by atoms with Crippen LogP contribution in [0.5, 0.6) is 5.88 Å². The van der Waals surface area contributed by atoms with Crippen molar-refractivity contribution in [2.75, 3.05) is 14.2 Å². The molecule has 0 aliphatic carbocycles. The van der Waals surface area contributed by atoms with Gasteiger partial charge in [0.1, 0.15) is 0 Å². The van der Waals surface area contributed by atoms with Gasteiger partial charge in [0.05, 0.1) is 20.5 Å². The van der Waals surface area contributed by atoms with Gasteiger partial charge in [-0.05, 0) is 24.6 Å². The lowest BCUT2D eigenvalue weighted by Gasteiger charge is -2.06. The molecule has 0 aliphatic heterocycles. The highest BCUT2D eigenvalue weighted by Crippen LogP contribution is 2.22. The zero-order chi connectivity index (χ0) is 9.68. The predicted molar refractivity (Wildman–Crippen MR) is 51.4 cm³/mol. The molecule has 0 atom stereocenters. The van der Waals surface area contributed by atoms with Gasteiger partial charge in [-0.25, -0.2) is 4.98 Å². The average molecular weight is 179 g/mol. The topological polar surface area (TPSA) is 31.4 Å². The Labute approximate surface area is 78.0 Å². The highest BCUT2D eigenvalue weighted by Gasteiger charge is 2.04. The van der Waals surface area contributed by atoms with Gasteiger partial charge in [0.25, 0.3) is 0 Å². The minimum Gasteiger partial charge on any atom is -0.504 e. The van der Waals surface area contributed by atoms with E-state index in [2.05, 4.69) is 4.98 Å². The molecular weight excluding hydrogens is 166 g/mol. The summed E-state index contributed by atoms with van der Waals surface area (Å²) in [4.78, 5) is 4.08. The maximum Gasteiger partial charge on any atom is 0.220 e. The van der Waals surface area contributed by atoms with Crippen LogP contribution in [0.3, 0.4) is 0 Å². The summed E-state index contributed by atoms with van der Waals surface area (Å²) in [7, 11) is 3.22. The van der Waals surface area contributed by atoms with E-state index in [9.17, 15) is 0 Å². The van der Waals surface area contributed by atoms with Crippen LogP contribution in [0.15, 0.2) is 24.6 Å². The van der Waals surface area contributed by atoms with Crippen molar-refractivity contribution in [1.29, 1.82) is 0 Å². The van der Waals surface area contributed by atoms with E-state index < -0.39 is 0 Å². The molecule has 0 aliphatic rings. The highest BCUT2D eigenvalue weighted by molar-refractivity contribution is 5.66. The minimum atomic E-state index is 0.619. The van der Waals surface area contributed by atoms with Crippen LogP contribution in [0.1, 0.15) is 12.5 Å². The van der Waals surface area contributed by atoms with Gasteiger partial charge in [0.2, 0.25) is 5.88 Å². The van der Waals surface area contributed by atoms with E-state index >= 15 is 0 Å². The summed E-state index contributed by atoms with van der Waals surface area (Å²) in [6, 6.07) is 3.81. The number of allylic oxidation sites excluding steroid dienone is 1. The van der Waals surface area contributed by atoms with Crippen LogP contribution >= 0.6 is 0 Å². The molecule has 1 rings (SSSR count). The zero-order valence-corrected chi connectivity index (χ0v) is 8.07. The van der Waals surface area contributed by atoms with E-state index in [0.717, 1.165) is 11.1 Å². The van der Waals surface area contributed by atoms with Gasteiger partial charge in [0, 0.05) is 11.8 Å². The van der Waals surface area contributed by atoms with Gasteiger partial charge in [-0.1, -0.05) is 0 Å². The average Bonchev–Trinajstić information content (AvgIpc) is 2.18. The third kappa shape index (κ3) is 2.21. The van der Waals surface area contributed by atoms with Crippen LogP contribution in [-0.2, 0) is 4.74 Å². The fourth-order valence-electron chi connectivity index (χ4n) is 1.09. The smallest absolute Gasteiger partial charge is 0.220 e. The van der Waals surface area contributed by atoms with E-state index in [1.807, 2.05) is 19.1 Å². The number of hydrogen-bond acceptors (Lipinski definition) is 3. The Kier molecular flexibility index (Phi) is 3.31. The van der Waals surface area contributed by atoms with E-state index in [4.69, 9.17) is 9.47 Å². The molecule has 0 radical (unpaired) electrons. The molecule has 0 amide bonds. The molecule has 3 nitrogen and oxygen atoms in total. The van der Waals surface area contributed by atoms with Gasteiger partial charge in [0.15, 0.2) is 0 Å². The SMILES string of the molecule is CO/C=C(\C)c1cccnc1OC. The highest BCUT2D eigenvalue weighted by atomic mass is 16.5. The largest absolute Gasteiger partial charge is 0.504 e. The number of methoxy groups -OCH3 is 2. The summed E-state index contributed by atoms with van der Waals surface area (Å²) in [5.74, 6) is 0.619. The molecular formula is C10H13NO2. The number of ether oxygens (including phenoxy) is 2. The van der Waals surface area contributed by atoms with Gasteiger partial charge in [-0.15, -0.1) is 0 Å². The Balaban J connectivity index is 3.05. The molecule has 3 heteroatoms. The third-order valence-electron chi connectivity index (χ3n) is 1.68. The van der Waals surface area contributed by atoms with Crippen molar-refractivity contribution in [1.82, 2.24) is 4.98 Å². The number of rotatable bonds is 3. The van der Waals surface area contributed by atoms with Crippen molar-refractivity contribution < 1.29 is 9.47 Å². The van der Waals surface area contributed by atoms with Crippen LogP contribution in [0.25, 0.3) is 5.57 Å². The molecule has 0 aromatic carbocycles. The summed E-state index contributed by atoms with van der Waals surface area (Å²) in [6.07, 6.45) is 3.36. The fourth-order valence-corrected chi connectivity index (χ4v) is 1.09. The molecule has 13 heavy (non-hydrogen) atoms. The Morgan fingerprint density at radius 1 is 1.46 bits per heavy atom. The molecule has 70 valence electrons. The second-order valence-corrected chi connectivity index (χ2v) is 2.60. The lowest BCUT2D eigenvalue weighted by molar-refractivity contribution is 0.339. The normalized spacial score (nSPS) is 11.2. The summed E-state index contributed by atoms with van der Waals surface area (Å²) < 4.78 is 10.0.